The summed E-state index contributed by atoms with van der Waals surface area (Å²) in [7, 11) is 0. The van der Waals surface area contributed by atoms with E-state index in [0.717, 1.165) is 4.88 Å². The van der Waals surface area contributed by atoms with Crippen molar-refractivity contribution in [2.24, 2.45) is 0 Å². The van der Waals surface area contributed by atoms with Crippen LogP contribution in [0.2, 0.25) is 0 Å². The predicted molar refractivity (Wildman–Crippen MR) is 64.6 cm³/mol. The zero-order valence-electron chi connectivity index (χ0n) is 9.00. The second-order valence-electron chi connectivity index (χ2n) is 3.62. The lowest BCUT2D eigenvalue weighted by Gasteiger charge is -2.20. The zero-order valence-corrected chi connectivity index (χ0v) is 9.81. The number of carbonyl (C=O) groups is 2. The molecule has 1 aromatic rings. The maximum atomic E-state index is 11.9. The van der Waals surface area contributed by atoms with Gasteiger partial charge in [-0.15, -0.1) is 11.3 Å². The summed E-state index contributed by atoms with van der Waals surface area (Å²) in [6.45, 7) is 0.135. The topological polar surface area (TPSA) is 57.6 Å². The van der Waals surface area contributed by atoms with Gasteiger partial charge in [0.2, 0.25) is 5.91 Å². The van der Waals surface area contributed by atoms with Crippen LogP contribution in [0.3, 0.4) is 0 Å². The number of hydrogen-bond donors (Lipinski definition) is 1. The van der Waals surface area contributed by atoms with Crippen LogP contribution in [0.4, 0.5) is 0 Å². The zero-order chi connectivity index (χ0) is 12.3. The summed E-state index contributed by atoms with van der Waals surface area (Å²) in [6, 6.07) is 3.78. The Hall–Kier alpha value is -1.88. The number of hydrogen-bond acceptors (Lipinski definition) is 3. The Kier molecular flexibility index (Phi) is 3.39. The van der Waals surface area contributed by atoms with Gasteiger partial charge in [-0.1, -0.05) is 6.07 Å². The van der Waals surface area contributed by atoms with Crippen LogP contribution in [0.5, 0.6) is 0 Å². The minimum atomic E-state index is -0.983. The first-order valence-electron chi connectivity index (χ1n) is 5.09. The van der Waals surface area contributed by atoms with Gasteiger partial charge >= 0.3 is 5.97 Å². The molecule has 0 unspecified atom stereocenters. The molecule has 0 radical (unpaired) electrons. The lowest BCUT2D eigenvalue weighted by molar-refractivity contribution is -0.133. The van der Waals surface area contributed by atoms with Crippen molar-refractivity contribution in [2.75, 3.05) is 6.54 Å². The molecule has 1 aliphatic heterocycles. The summed E-state index contributed by atoms with van der Waals surface area (Å²) >= 11 is 1.52. The molecule has 1 aromatic heterocycles. The molecule has 2 heterocycles. The van der Waals surface area contributed by atoms with Crippen LogP contribution in [0.1, 0.15) is 4.88 Å². The Morgan fingerprint density at radius 1 is 1.47 bits per heavy atom. The third-order valence-corrected chi connectivity index (χ3v) is 3.28. The van der Waals surface area contributed by atoms with Crippen molar-refractivity contribution in [3.63, 3.8) is 0 Å². The molecule has 4 nitrogen and oxygen atoms in total. The molecular weight excluding hydrogens is 238 g/mol. The van der Waals surface area contributed by atoms with Crippen molar-refractivity contribution >= 4 is 23.2 Å². The van der Waals surface area contributed by atoms with Crippen molar-refractivity contribution in [3.05, 3.63) is 46.3 Å². The van der Waals surface area contributed by atoms with Crippen LogP contribution in [-0.4, -0.2) is 28.4 Å². The van der Waals surface area contributed by atoms with E-state index in [4.69, 9.17) is 5.11 Å². The van der Waals surface area contributed by atoms with Crippen LogP contribution in [-0.2, 0) is 16.0 Å². The first kappa shape index (κ1) is 11.6. The quantitative estimate of drug-likeness (QED) is 0.886. The van der Waals surface area contributed by atoms with Crippen LogP contribution >= 0.6 is 11.3 Å². The average Bonchev–Trinajstić information content (AvgIpc) is 2.82. The number of nitrogens with zero attached hydrogens (tertiary/aromatic N) is 1. The van der Waals surface area contributed by atoms with E-state index < -0.39 is 5.97 Å². The van der Waals surface area contributed by atoms with Crippen molar-refractivity contribution < 1.29 is 14.7 Å². The second kappa shape index (κ2) is 4.97. The van der Waals surface area contributed by atoms with Crippen LogP contribution in [0, 0.1) is 0 Å². The largest absolute Gasteiger partial charge is 0.478 e. The number of rotatable bonds is 3. The van der Waals surface area contributed by atoms with Gasteiger partial charge in [-0.2, -0.15) is 0 Å². The first-order chi connectivity index (χ1) is 8.16. The Morgan fingerprint density at radius 2 is 2.29 bits per heavy atom. The monoisotopic (exact) mass is 249 g/mol. The molecule has 0 aromatic carbocycles. The van der Waals surface area contributed by atoms with E-state index in [2.05, 4.69) is 0 Å². The lowest BCUT2D eigenvalue weighted by atomic mass is 10.2. The number of carboxylic acids is 1. The summed E-state index contributed by atoms with van der Waals surface area (Å²) in [5, 5.41) is 10.8. The van der Waals surface area contributed by atoms with E-state index in [9.17, 15) is 9.59 Å². The average molecular weight is 249 g/mol. The van der Waals surface area contributed by atoms with E-state index in [0.29, 0.717) is 6.42 Å². The van der Waals surface area contributed by atoms with Gasteiger partial charge in [-0.3, -0.25) is 4.79 Å². The number of carboxylic acid groups (broad SMARTS) is 1. The van der Waals surface area contributed by atoms with Crippen LogP contribution < -0.4 is 0 Å². The molecule has 0 saturated heterocycles. The number of thiophene rings is 1. The minimum absolute atomic E-state index is 0.0875. The van der Waals surface area contributed by atoms with Crippen molar-refractivity contribution in [2.45, 2.75) is 6.42 Å². The molecule has 1 amide bonds. The molecule has 0 spiro atoms. The molecule has 5 heteroatoms. The summed E-state index contributed by atoms with van der Waals surface area (Å²) in [6.07, 6.45) is 5.02. The molecule has 0 bridgehead atoms. The minimum Gasteiger partial charge on any atom is -0.478 e. The summed E-state index contributed by atoms with van der Waals surface area (Å²) in [5.41, 5.74) is 0.229. The molecule has 2 rings (SSSR count). The van der Waals surface area contributed by atoms with Gasteiger partial charge in [0.25, 0.3) is 0 Å². The van der Waals surface area contributed by atoms with Gasteiger partial charge in [0.15, 0.2) is 0 Å². The molecular formula is C12H11NO3S. The summed E-state index contributed by atoms with van der Waals surface area (Å²) in [5.74, 6) is -1.07. The third kappa shape index (κ3) is 2.82. The second-order valence-corrected chi connectivity index (χ2v) is 4.65. The van der Waals surface area contributed by atoms with Gasteiger partial charge in [-0.05, 0) is 23.6 Å². The highest BCUT2D eigenvalue weighted by Crippen LogP contribution is 2.13. The highest BCUT2D eigenvalue weighted by atomic mass is 32.1. The fraction of sp³-hybridized carbons (Fsp3) is 0.167. The molecule has 0 fully saturated rings. The molecule has 17 heavy (non-hydrogen) atoms. The number of amides is 1. The Balaban J connectivity index is 2.00. The predicted octanol–water partition coefficient (Wildman–Crippen LogP) is 1.66. The molecule has 0 atom stereocenters. The Labute approximate surface area is 102 Å². The molecule has 1 N–H and O–H groups in total. The van der Waals surface area contributed by atoms with Gasteiger partial charge < -0.3 is 10.0 Å². The van der Waals surface area contributed by atoms with Crippen molar-refractivity contribution in [1.29, 1.82) is 0 Å². The van der Waals surface area contributed by atoms with Gasteiger partial charge in [0, 0.05) is 11.1 Å². The highest BCUT2D eigenvalue weighted by Gasteiger charge is 2.19. The summed E-state index contributed by atoms with van der Waals surface area (Å²) < 4.78 is 0. The number of allylic oxidation sites excluding steroid dienone is 2. The number of aliphatic carboxylic acids is 1. The molecule has 88 valence electrons. The van der Waals surface area contributed by atoms with Gasteiger partial charge in [0.05, 0.1) is 18.5 Å². The summed E-state index contributed by atoms with van der Waals surface area (Å²) in [4.78, 5) is 25.1. The van der Waals surface area contributed by atoms with Crippen molar-refractivity contribution in [1.82, 2.24) is 4.90 Å². The Bertz CT molecular complexity index is 488. The molecule has 0 saturated carbocycles. The normalized spacial score (nSPS) is 14.6. The SMILES string of the molecule is O=C(O)C1=CC=CN(C(=O)Cc2cccs2)C1. The fourth-order valence-corrected chi connectivity index (χ4v) is 2.22. The lowest BCUT2D eigenvalue weighted by Crippen LogP contribution is -2.32. The van der Waals surface area contributed by atoms with E-state index in [1.54, 1.807) is 12.3 Å². The van der Waals surface area contributed by atoms with E-state index in [1.165, 1.54) is 22.3 Å². The Morgan fingerprint density at radius 3 is 2.94 bits per heavy atom. The fourth-order valence-electron chi connectivity index (χ4n) is 1.53. The van der Waals surface area contributed by atoms with E-state index >= 15 is 0 Å². The third-order valence-electron chi connectivity index (χ3n) is 2.40. The van der Waals surface area contributed by atoms with E-state index in [1.807, 2.05) is 17.5 Å². The van der Waals surface area contributed by atoms with Gasteiger partial charge in [-0.25, -0.2) is 4.79 Å². The maximum Gasteiger partial charge on any atom is 0.333 e. The smallest absolute Gasteiger partial charge is 0.333 e. The van der Waals surface area contributed by atoms with E-state index in [-0.39, 0.29) is 18.0 Å². The maximum absolute atomic E-state index is 11.9. The van der Waals surface area contributed by atoms with Crippen LogP contribution in [0.25, 0.3) is 0 Å². The highest BCUT2D eigenvalue weighted by molar-refractivity contribution is 7.10. The number of carbonyl (C=O) groups excluding carboxylic acids is 1. The van der Waals surface area contributed by atoms with Gasteiger partial charge in [0.1, 0.15) is 0 Å². The van der Waals surface area contributed by atoms with Crippen molar-refractivity contribution in [3.8, 4) is 0 Å². The molecule has 1 aliphatic rings. The van der Waals surface area contributed by atoms with Crippen LogP contribution in [0.15, 0.2) is 41.4 Å². The first-order valence-corrected chi connectivity index (χ1v) is 5.97. The standard InChI is InChI=1S/C12H11NO3S/c14-11(7-10-4-2-6-17-10)13-5-1-3-9(8-13)12(15)16/h1-6H,7-8H2,(H,15,16). The molecule has 0 aliphatic carbocycles.